The topological polar surface area (TPSA) is 38.3 Å². The molecule has 1 heterocycles. The van der Waals surface area contributed by atoms with Gasteiger partial charge in [0.1, 0.15) is 0 Å². The van der Waals surface area contributed by atoms with E-state index in [0.29, 0.717) is 13.0 Å². The summed E-state index contributed by atoms with van der Waals surface area (Å²) in [5, 5.41) is 2.95. The minimum atomic E-state index is 0.173. The molecule has 1 aliphatic heterocycles. The van der Waals surface area contributed by atoms with E-state index in [2.05, 4.69) is 12.2 Å². The van der Waals surface area contributed by atoms with Gasteiger partial charge in [0.15, 0.2) is 0 Å². The molecule has 1 amide bonds. The Morgan fingerprint density at radius 2 is 2.50 bits per heavy atom. The fourth-order valence-corrected chi connectivity index (χ4v) is 1.29. The molecule has 0 aromatic carbocycles. The van der Waals surface area contributed by atoms with Gasteiger partial charge in [-0.3, -0.25) is 4.79 Å². The number of carbonyl (C=O) groups is 1. The number of amides is 1. The lowest BCUT2D eigenvalue weighted by Gasteiger charge is -2.09. The summed E-state index contributed by atoms with van der Waals surface area (Å²) in [4.78, 5) is 11.2. The van der Waals surface area contributed by atoms with Gasteiger partial charge in [0.2, 0.25) is 5.91 Å². The molecular weight excluding hydrogens is 154 g/mol. The van der Waals surface area contributed by atoms with Crippen molar-refractivity contribution >= 4 is 5.91 Å². The van der Waals surface area contributed by atoms with Gasteiger partial charge in [-0.05, 0) is 12.8 Å². The van der Waals surface area contributed by atoms with Crippen molar-refractivity contribution in [1.82, 2.24) is 5.32 Å². The molecule has 1 fully saturated rings. The van der Waals surface area contributed by atoms with Gasteiger partial charge in [-0.25, -0.2) is 0 Å². The zero-order valence-corrected chi connectivity index (χ0v) is 7.64. The van der Waals surface area contributed by atoms with Crippen LogP contribution >= 0.6 is 0 Å². The van der Waals surface area contributed by atoms with Gasteiger partial charge in [0.25, 0.3) is 0 Å². The zero-order valence-electron chi connectivity index (χ0n) is 7.64. The summed E-state index contributed by atoms with van der Waals surface area (Å²) in [6.45, 7) is 3.57. The van der Waals surface area contributed by atoms with Gasteiger partial charge >= 0.3 is 0 Å². The highest BCUT2D eigenvalue weighted by atomic mass is 16.5. The highest BCUT2D eigenvalue weighted by Crippen LogP contribution is 2.04. The third kappa shape index (κ3) is 3.22. The highest BCUT2D eigenvalue weighted by Gasteiger charge is 2.16. The van der Waals surface area contributed by atoms with E-state index in [1.54, 1.807) is 0 Å². The number of carbonyl (C=O) groups excluding carboxylic acids is 1. The molecule has 1 rings (SSSR count). The molecule has 0 aromatic rings. The van der Waals surface area contributed by atoms with E-state index in [4.69, 9.17) is 4.74 Å². The first-order valence-electron chi connectivity index (χ1n) is 4.70. The van der Waals surface area contributed by atoms with Crippen LogP contribution in [0.5, 0.6) is 0 Å². The number of rotatable bonds is 4. The van der Waals surface area contributed by atoms with E-state index in [9.17, 15) is 4.79 Å². The molecule has 70 valence electrons. The van der Waals surface area contributed by atoms with Crippen LogP contribution in [0.1, 0.15) is 32.6 Å². The third-order valence-corrected chi connectivity index (χ3v) is 2.05. The van der Waals surface area contributed by atoms with Gasteiger partial charge in [-0.15, -0.1) is 0 Å². The van der Waals surface area contributed by atoms with Crippen molar-refractivity contribution in [2.24, 2.45) is 0 Å². The molecule has 0 aliphatic carbocycles. The Morgan fingerprint density at radius 3 is 3.08 bits per heavy atom. The number of unbranched alkanes of at least 4 members (excludes halogenated alkanes) is 1. The van der Waals surface area contributed by atoms with Crippen LogP contribution in [0.15, 0.2) is 0 Å². The number of ether oxygens (including phenoxy) is 1. The van der Waals surface area contributed by atoms with Crippen LogP contribution in [0.3, 0.4) is 0 Å². The van der Waals surface area contributed by atoms with Crippen LogP contribution in [0, 0.1) is 0 Å². The summed E-state index contributed by atoms with van der Waals surface area (Å²) >= 11 is 0. The van der Waals surface area contributed by atoms with E-state index in [1.807, 2.05) is 0 Å². The Balaban J connectivity index is 2.08. The lowest BCUT2D eigenvalue weighted by Crippen LogP contribution is -2.34. The smallest absolute Gasteiger partial charge is 0.220 e. The molecule has 0 bridgehead atoms. The molecule has 1 unspecified atom stereocenters. The van der Waals surface area contributed by atoms with Crippen LogP contribution in [0.4, 0.5) is 0 Å². The van der Waals surface area contributed by atoms with Gasteiger partial charge in [-0.1, -0.05) is 13.3 Å². The van der Waals surface area contributed by atoms with Crippen LogP contribution in [-0.4, -0.2) is 25.2 Å². The number of nitrogens with one attached hydrogen (secondary N) is 1. The Morgan fingerprint density at radius 1 is 1.67 bits per heavy atom. The fraction of sp³-hybridized carbons (Fsp3) is 0.889. The predicted octanol–water partition coefficient (Wildman–Crippen LogP) is 1.08. The molecule has 0 spiro atoms. The predicted molar refractivity (Wildman–Crippen MR) is 46.9 cm³/mol. The second-order valence-corrected chi connectivity index (χ2v) is 3.23. The summed E-state index contributed by atoms with van der Waals surface area (Å²) in [7, 11) is 0. The van der Waals surface area contributed by atoms with Gasteiger partial charge < -0.3 is 10.1 Å². The van der Waals surface area contributed by atoms with Gasteiger partial charge in [0, 0.05) is 13.0 Å². The Bertz CT molecular complexity index is 141. The monoisotopic (exact) mass is 171 g/mol. The largest absolute Gasteiger partial charge is 0.379 e. The second kappa shape index (κ2) is 5.14. The average Bonchev–Trinajstić information content (AvgIpc) is 2.53. The van der Waals surface area contributed by atoms with Crippen LogP contribution in [-0.2, 0) is 9.53 Å². The summed E-state index contributed by atoms with van der Waals surface area (Å²) in [6, 6.07) is 0.273. The highest BCUT2D eigenvalue weighted by molar-refractivity contribution is 5.76. The molecule has 3 nitrogen and oxygen atoms in total. The second-order valence-electron chi connectivity index (χ2n) is 3.23. The van der Waals surface area contributed by atoms with Crippen LogP contribution in [0.25, 0.3) is 0 Å². The van der Waals surface area contributed by atoms with Crippen molar-refractivity contribution in [1.29, 1.82) is 0 Å². The number of hydrogen-bond acceptors (Lipinski definition) is 2. The third-order valence-electron chi connectivity index (χ3n) is 2.05. The van der Waals surface area contributed by atoms with Crippen molar-refractivity contribution in [2.45, 2.75) is 38.6 Å². The van der Waals surface area contributed by atoms with Gasteiger partial charge in [0.05, 0.1) is 12.6 Å². The summed E-state index contributed by atoms with van der Waals surface area (Å²) in [6.07, 6.45) is 3.69. The molecule has 1 saturated heterocycles. The maximum atomic E-state index is 11.2. The minimum absolute atomic E-state index is 0.173. The SMILES string of the molecule is CCCCC(=O)NC1CCOC1. The molecular formula is C9H17NO2. The van der Waals surface area contributed by atoms with E-state index in [-0.39, 0.29) is 11.9 Å². The molecule has 1 aliphatic rings. The van der Waals surface area contributed by atoms with Crippen molar-refractivity contribution in [2.75, 3.05) is 13.2 Å². The van der Waals surface area contributed by atoms with E-state index in [1.165, 1.54) is 0 Å². The molecule has 0 saturated carbocycles. The Kier molecular flexibility index (Phi) is 4.08. The quantitative estimate of drug-likeness (QED) is 0.687. The normalized spacial score (nSPS) is 22.6. The average molecular weight is 171 g/mol. The molecule has 0 radical (unpaired) electrons. The minimum Gasteiger partial charge on any atom is -0.379 e. The lowest BCUT2D eigenvalue weighted by atomic mass is 10.2. The maximum Gasteiger partial charge on any atom is 0.220 e. The van der Waals surface area contributed by atoms with E-state index >= 15 is 0 Å². The Labute approximate surface area is 73.5 Å². The Hall–Kier alpha value is -0.570. The lowest BCUT2D eigenvalue weighted by molar-refractivity contribution is -0.121. The summed E-state index contributed by atoms with van der Waals surface area (Å²) in [5.74, 6) is 0.173. The standard InChI is InChI=1S/C9H17NO2/c1-2-3-4-9(11)10-8-5-6-12-7-8/h8H,2-7H2,1H3,(H,10,11). The molecule has 12 heavy (non-hydrogen) atoms. The summed E-state index contributed by atoms with van der Waals surface area (Å²) < 4.78 is 5.15. The first-order valence-corrected chi connectivity index (χ1v) is 4.70. The number of hydrogen-bond donors (Lipinski definition) is 1. The van der Waals surface area contributed by atoms with E-state index in [0.717, 1.165) is 25.9 Å². The first kappa shape index (κ1) is 9.52. The molecule has 1 N–H and O–H groups in total. The fourth-order valence-electron chi connectivity index (χ4n) is 1.29. The van der Waals surface area contributed by atoms with Crippen molar-refractivity contribution < 1.29 is 9.53 Å². The molecule has 3 heteroatoms. The van der Waals surface area contributed by atoms with Crippen molar-refractivity contribution in [3.05, 3.63) is 0 Å². The zero-order chi connectivity index (χ0) is 8.81. The van der Waals surface area contributed by atoms with Crippen LogP contribution < -0.4 is 5.32 Å². The van der Waals surface area contributed by atoms with Gasteiger partial charge in [-0.2, -0.15) is 0 Å². The summed E-state index contributed by atoms with van der Waals surface area (Å²) in [5.41, 5.74) is 0. The van der Waals surface area contributed by atoms with Crippen LogP contribution in [0.2, 0.25) is 0 Å². The van der Waals surface area contributed by atoms with E-state index < -0.39 is 0 Å². The van der Waals surface area contributed by atoms with Crippen molar-refractivity contribution in [3.8, 4) is 0 Å². The molecule has 0 aromatic heterocycles. The first-order chi connectivity index (χ1) is 5.83. The maximum absolute atomic E-state index is 11.2. The van der Waals surface area contributed by atoms with Crippen molar-refractivity contribution in [3.63, 3.8) is 0 Å². The molecule has 1 atom stereocenters.